The lowest BCUT2D eigenvalue weighted by atomic mass is 10.0. The van der Waals surface area contributed by atoms with Gasteiger partial charge in [0.05, 0.1) is 6.10 Å². The van der Waals surface area contributed by atoms with Crippen molar-refractivity contribution in [3.8, 4) is 0 Å². The van der Waals surface area contributed by atoms with Crippen LogP contribution in [0.25, 0.3) is 0 Å². The van der Waals surface area contributed by atoms with Crippen molar-refractivity contribution in [2.45, 2.75) is 25.5 Å². The number of nitrogens with zero attached hydrogens (tertiary/aromatic N) is 2. The minimum Gasteiger partial charge on any atom is -0.390 e. The van der Waals surface area contributed by atoms with Gasteiger partial charge in [-0.05, 0) is 30.4 Å². The largest absolute Gasteiger partial charge is 0.390 e. The lowest BCUT2D eigenvalue weighted by molar-refractivity contribution is 0.0540. The highest BCUT2D eigenvalue weighted by Gasteiger charge is 2.26. The van der Waals surface area contributed by atoms with E-state index in [1.807, 2.05) is 11.3 Å². The number of β-amino-alcohol motifs (C(OH)–C–C–N with tert-alkyl or cyclic N) is 1. The van der Waals surface area contributed by atoms with Crippen LogP contribution in [0.4, 0.5) is 0 Å². The summed E-state index contributed by atoms with van der Waals surface area (Å²) in [5.41, 5.74) is 1.47. The molecule has 112 valence electrons. The molecule has 0 radical (unpaired) electrons. The van der Waals surface area contributed by atoms with Gasteiger partial charge in [0, 0.05) is 56.7 Å². The molecule has 2 aliphatic heterocycles. The standard InChI is InChI=1S/C15H25N3OS/c1-12-14-3-9-20-15(14)2-6-18(12)11-13(19)10-17-7-4-16-5-8-17/h3,9,12-13,16,19H,2,4-8,10-11H2,1H3. The molecule has 0 spiro atoms. The molecule has 5 heteroatoms. The summed E-state index contributed by atoms with van der Waals surface area (Å²) in [5, 5.41) is 15.9. The topological polar surface area (TPSA) is 38.7 Å². The Morgan fingerprint density at radius 2 is 2.15 bits per heavy atom. The maximum atomic E-state index is 10.4. The van der Waals surface area contributed by atoms with Crippen LogP contribution < -0.4 is 5.32 Å². The molecule has 0 aromatic carbocycles. The third-order valence-corrected chi connectivity index (χ3v) is 5.52. The molecular weight excluding hydrogens is 270 g/mol. The number of hydrogen-bond donors (Lipinski definition) is 2. The summed E-state index contributed by atoms with van der Waals surface area (Å²) in [4.78, 5) is 6.33. The van der Waals surface area contributed by atoms with E-state index in [0.29, 0.717) is 6.04 Å². The van der Waals surface area contributed by atoms with Crippen molar-refractivity contribution in [3.05, 3.63) is 21.9 Å². The van der Waals surface area contributed by atoms with Gasteiger partial charge < -0.3 is 10.4 Å². The number of thiophene rings is 1. The molecule has 0 aliphatic carbocycles. The zero-order valence-electron chi connectivity index (χ0n) is 12.2. The normalized spacial score (nSPS) is 26.4. The Kier molecular flexibility index (Phi) is 4.73. The average molecular weight is 295 g/mol. The lowest BCUT2D eigenvalue weighted by Gasteiger charge is -2.36. The maximum absolute atomic E-state index is 10.4. The van der Waals surface area contributed by atoms with Crippen LogP contribution in [0.5, 0.6) is 0 Å². The number of rotatable bonds is 4. The second-order valence-electron chi connectivity index (χ2n) is 5.92. The van der Waals surface area contributed by atoms with E-state index >= 15 is 0 Å². The second kappa shape index (κ2) is 6.54. The number of fused-ring (bicyclic) bond motifs is 1. The van der Waals surface area contributed by atoms with Crippen LogP contribution in [-0.2, 0) is 6.42 Å². The van der Waals surface area contributed by atoms with E-state index in [-0.39, 0.29) is 6.10 Å². The quantitative estimate of drug-likeness (QED) is 0.867. The van der Waals surface area contributed by atoms with E-state index in [1.165, 1.54) is 10.4 Å². The van der Waals surface area contributed by atoms with E-state index in [4.69, 9.17) is 0 Å². The highest BCUT2D eigenvalue weighted by atomic mass is 32.1. The van der Waals surface area contributed by atoms with Gasteiger partial charge in [0.15, 0.2) is 0 Å². The van der Waals surface area contributed by atoms with Crippen LogP contribution in [0.2, 0.25) is 0 Å². The molecule has 4 nitrogen and oxygen atoms in total. The number of aliphatic hydroxyl groups excluding tert-OH is 1. The Balaban J connectivity index is 1.52. The predicted molar refractivity (Wildman–Crippen MR) is 83.3 cm³/mol. The van der Waals surface area contributed by atoms with E-state index in [1.54, 1.807) is 0 Å². The molecule has 2 aliphatic rings. The molecule has 20 heavy (non-hydrogen) atoms. The van der Waals surface area contributed by atoms with Crippen LogP contribution in [-0.4, -0.2) is 66.8 Å². The monoisotopic (exact) mass is 295 g/mol. The van der Waals surface area contributed by atoms with Crippen LogP contribution in [0.15, 0.2) is 11.4 Å². The van der Waals surface area contributed by atoms with Gasteiger partial charge in [-0.3, -0.25) is 9.80 Å². The number of piperazine rings is 1. The second-order valence-corrected chi connectivity index (χ2v) is 6.93. The highest BCUT2D eigenvalue weighted by molar-refractivity contribution is 7.10. The molecule has 1 saturated heterocycles. The summed E-state index contributed by atoms with van der Waals surface area (Å²) >= 11 is 1.87. The number of hydrogen-bond acceptors (Lipinski definition) is 5. The maximum Gasteiger partial charge on any atom is 0.0794 e. The van der Waals surface area contributed by atoms with Crippen LogP contribution >= 0.6 is 11.3 Å². The van der Waals surface area contributed by atoms with Crippen LogP contribution in [0.3, 0.4) is 0 Å². The molecule has 0 bridgehead atoms. The summed E-state index contributed by atoms with van der Waals surface area (Å²) in [6, 6.07) is 2.70. The third-order valence-electron chi connectivity index (χ3n) is 4.53. The third kappa shape index (κ3) is 3.23. The van der Waals surface area contributed by atoms with Crippen molar-refractivity contribution < 1.29 is 5.11 Å². The van der Waals surface area contributed by atoms with Gasteiger partial charge in [-0.25, -0.2) is 0 Å². The Hall–Kier alpha value is -0.460. The van der Waals surface area contributed by atoms with Crippen molar-refractivity contribution in [2.75, 3.05) is 45.8 Å². The zero-order valence-corrected chi connectivity index (χ0v) is 13.0. The fourth-order valence-corrected chi connectivity index (χ4v) is 4.29. The highest BCUT2D eigenvalue weighted by Crippen LogP contribution is 2.32. The molecule has 1 fully saturated rings. The Bertz CT molecular complexity index is 431. The first-order valence-corrected chi connectivity index (χ1v) is 8.53. The van der Waals surface area contributed by atoms with Gasteiger partial charge in [-0.15, -0.1) is 11.3 Å². The molecule has 2 unspecified atom stereocenters. The molecular formula is C15H25N3OS. The van der Waals surface area contributed by atoms with Gasteiger partial charge in [0.2, 0.25) is 0 Å². The first-order valence-electron chi connectivity index (χ1n) is 7.65. The smallest absolute Gasteiger partial charge is 0.0794 e. The molecule has 1 aromatic rings. The molecule has 3 heterocycles. The average Bonchev–Trinajstić information content (AvgIpc) is 2.92. The van der Waals surface area contributed by atoms with Crippen molar-refractivity contribution in [1.29, 1.82) is 0 Å². The summed E-state index contributed by atoms with van der Waals surface area (Å²) in [7, 11) is 0. The summed E-state index contributed by atoms with van der Waals surface area (Å²) in [6.45, 7) is 9.15. The molecule has 0 saturated carbocycles. The summed E-state index contributed by atoms with van der Waals surface area (Å²) in [5.74, 6) is 0. The summed E-state index contributed by atoms with van der Waals surface area (Å²) in [6.07, 6.45) is 0.897. The first kappa shape index (κ1) is 14.5. The zero-order chi connectivity index (χ0) is 13.9. The first-order chi connectivity index (χ1) is 9.74. The van der Waals surface area contributed by atoms with Gasteiger partial charge in [0.1, 0.15) is 0 Å². The van der Waals surface area contributed by atoms with E-state index in [9.17, 15) is 5.11 Å². The fraction of sp³-hybridized carbons (Fsp3) is 0.733. The molecule has 2 atom stereocenters. The van der Waals surface area contributed by atoms with Gasteiger partial charge in [0.25, 0.3) is 0 Å². The predicted octanol–water partition coefficient (Wildman–Crippen LogP) is 0.933. The Morgan fingerprint density at radius 1 is 1.35 bits per heavy atom. The van der Waals surface area contributed by atoms with Crippen LogP contribution in [0, 0.1) is 0 Å². The number of aliphatic hydroxyl groups is 1. The van der Waals surface area contributed by atoms with Crippen LogP contribution in [0.1, 0.15) is 23.4 Å². The molecule has 2 N–H and O–H groups in total. The minimum atomic E-state index is -0.240. The van der Waals surface area contributed by atoms with Gasteiger partial charge >= 0.3 is 0 Å². The van der Waals surface area contributed by atoms with Crippen molar-refractivity contribution in [3.63, 3.8) is 0 Å². The van der Waals surface area contributed by atoms with Gasteiger partial charge in [-0.2, -0.15) is 0 Å². The van der Waals surface area contributed by atoms with E-state index in [2.05, 4.69) is 33.5 Å². The van der Waals surface area contributed by atoms with E-state index in [0.717, 1.165) is 52.2 Å². The number of nitrogens with one attached hydrogen (secondary N) is 1. The molecule has 3 rings (SSSR count). The Morgan fingerprint density at radius 3 is 2.95 bits per heavy atom. The SMILES string of the molecule is CC1c2ccsc2CCN1CC(O)CN1CCNCC1. The molecule has 0 amide bonds. The molecule has 1 aromatic heterocycles. The fourth-order valence-electron chi connectivity index (χ4n) is 3.33. The van der Waals surface area contributed by atoms with E-state index < -0.39 is 0 Å². The van der Waals surface area contributed by atoms with Gasteiger partial charge in [-0.1, -0.05) is 0 Å². The Labute approximate surface area is 125 Å². The minimum absolute atomic E-state index is 0.240. The van der Waals surface area contributed by atoms with Crippen molar-refractivity contribution in [1.82, 2.24) is 15.1 Å². The summed E-state index contributed by atoms with van der Waals surface area (Å²) < 4.78 is 0. The van der Waals surface area contributed by atoms with Crippen molar-refractivity contribution in [2.24, 2.45) is 0 Å². The van der Waals surface area contributed by atoms with Crippen molar-refractivity contribution >= 4 is 11.3 Å². The lowest BCUT2D eigenvalue weighted by Crippen LogP contribution is -2.49.